The number of amides is 2. The summed E-state index contributed by atoms with van der Waals surface area (Å²) in [6.07, 6.45) is 2.80. The summed E-state index contributed by atoms with van der Waals surface area (Å²) in [4.78, 5) is 31.1. The Morgan fingerprint density at radius 2 is 1.97 bits per heavy atom. The average molecular weight is 548 g/mol. The van der Waals surface area contributed by atoms with Gasteiger partial charge in [0.05, 0.1) is 12.0 Å². The number of benzene rings is 2. The molecule has 0 radical (unpaired) electrons. The predicted octanol–water partition coefficient (Wildman–Crippen LogP) is 4.85. The fourth-order valence-electron chi connectivity index (χ4n) is 4.64. The van der Waals surface area contributed by atoms with Crippen LogP contribution in [-0.2, 0) is 4.79 Å². The molecule has 0 saturated carbocycles. The number of hydrogen-bond acceptors (Lipinski definition) is 7. The van der Waals surface area contributed by atoms with E-state index >= 15 is 0 Å². The van der Waals surface area contributed by atoms with Gasteiger partial charge in [0.25, 0.3) is 5.91 Å². The van der Waals surface area contributed by atoms with Crippen molar-refractivity contribution in [2.75, 3.05) is 16.8 Å². The molecule has 198 valence electrons. The van der Waals surface area contributed by atoms with Crippen LogP contribution in [0.3, 0.4) is 0 Å². The monoisotopic (exact) mass is 547 g/mol. The second kappa shape index (κ2) is 11.2. The number of rotatable bonds is 6. The van der Waals surface area contributed by atoms with Crippen molar-refractivity contribution in [3.8, 4) is 34.2 Å². The van der Waals surface area contributed by atoms with Crippen molar-refractivity contribution in [2.24, 2.45) is 5.73 Å². The van der Waals surface area contributed by atoms with Gasteiger partial charge in [0.1, 0.15) is 29.2 Å². The smallest absolute Gasteiger partial charge is 0.292 e. The highest BCUT2D eigenvalue weighted by Crippen LogP contribution is 2.37. The highest BCUT2D eigenvalue weighted by Gasteiger charge is 2.29. The van der Waals surface area contributed by atoms with E-state index in [2.05, 4.69) is 16.4 Å². The molecule has 2 aromatic heterocycles. The van der Waals surface area contributed by atoms with Gasteiger partial charge in [-0.3, -0.25) is 9.59 Å². The molecule has 0 aliphatic carbocycles. The molecule has 4 aromatic rings. The minimum Gasteiger partial charge on any atom is -0.507 e. The van der Waals surface area contributed by atoms with Crippen molar-refractivity contribution >= 4 is 35.7 Å². The van der Waals surface area contributed by atoms with Crippen molar-refractivity contribution in [1.82, 2.24) is 4.98 Å². The zero-order chi connectivity index (χ0) is 26.8. The largest absolute Gasteiger partial charge is 0.507 e. The summed E-state index contributed by atoms with van der Waals surface area (Å²) in [5, 5.41) is 23.2. The fourth-order valence-corrected chi connectivity index (χ4v) is 4.64. The molecule has 0 unspecified atom stereocenters. The molecule has 1 aliphatic rings. The predicted molar refractivity (Wildman–Crippen MR) is 145 cm³/mol. The molecule has 1 atom stereocenters. The molecular formula is C28H23ClFN5O4. The summed E-state index contributed by atoms with van der Waals surface area (Å²) >= 11 is 0. The molecule has 1 aliphatic heterocycles. The maximum Gasteiger partial charge on any atom is 0.292 e. The maximum atomic E-state index is 13.7. The van der Waals surface area contributed by atoms with E-state index in [0.717, 1.165) is 18.2 Å². The minimum absolute atomic E-state index is 0. The molecular weight excluding hydrogens is 525 g/mol. The Hall–Kier alpha value is -4.88. The number of phenolic OH excluding ortho intramolecular Hbond substituents is 1. The third-order valence-corrected chi connectivity index (χ3v) is 6.41. The van der Waals surface area contributed by atoms with Crippen LogP contribution in [-0.4, -0.2) is 34.5 Å². The molecule has 4 N–H and O–H groups in total. The van der Waals surface area contributed by atoms with E-state index in [1.165, 1.54) is 24.5 Å². The fraction of sp³-hybridized carbons (Fsp3) is 0.143. The average Bonchev–Trinajstić information content (AvgIpc) is 3.61. The van der Waals surface area contributed by atoms with E-state index in [1.54, 1.807) is 24.3 Å². The summed E-state index contributed by atoms with van der Waals surface area (Å²) in [5.41, 5.74) is 7.84. The van der Waals surface area contributed by atoms with Gasteiger partial charge in [0.15, 0.2) is 11.6 Å². The first-order valence-corrected chi connectivity index (χ1v) is 11.8. The quantitative estimate of drug-likeness (QED) is 0.312. The van der Waals surface area contributed by atoms with Crippen LogP contribution in [0.2, 0.25) is 0 Å². The lowest BCUT2D eigenvalue weighted by molar-refractivity contribution is -0.119. The van der Waals surface area contributed by atoms with Crippen LogP contribution in [0.25, 0.3) is 22.4 Å². The van der Waals surface area contributed by atoms with Gasteiger partial charge in [-0.05, 0) is 60.9 Å². The molecule has 39 heavy (non-hydrogen) atoms. The highest BCUT2D eigenvalue weighted by atomic mass is 35.5. The molecule has 11 heteroatoms. The molecule has 2 amide bonds. The Labute approximate surface area is 229 Å². The van der Waals surface area contributed by atoms with Crippen LogP contribution < -0.4 is 16.0 Å². The molecule has 9 nitrogen and oxygen atoms in total. The zero-order valence-electron chi connectivity index (χ0n) is 20.4. The zero-order valence-corrected chi connectivity index (χ0v) is 21.2. The van der Waals surface area contributed by atoms with Crippen LogP contribution in [0.5, 0.6) is 5.75 Å². The topological polar surface area (TPSA) is 145 Å². The number of aromatic nitrogens is 1. The summed E-state index contributed by atoms with van der Waals surface area (Å²) in [6, 6.07) is 17.0. The molecule has 0 bridgehead atoms. The number of nitrogens with zero attached hydrogens (tertiary/aromatic N) is 3. The lowest BCUT2D eigenvalue weighted by Gasteiger charge is -2.25. The maximum absolute atomic E-state index is 13.7. The van der Waals surface area contributed by atoms with Crippen LogP contribution in [0.1, 0.15) is 29.0 Å². The second-order valence-corrected chi connectivity index (χ2v) is 8.79. The summed E-state index contributed by atoms with van der Waals surface area (Å²) in [6.45, 7) is 0.650. The van der Waals surface area contributed by atoms with E-state index in [0.29, 0.717) is 24.1 Å². The first kappa shape index (κ1) is 27.2. The number of nitriles is 1. The number of carbonyl (C=O) groups is 2. The van der Waals surface area contributed by atoms with E-state index in [-0.39, 0.29) is 46.6 Å². The van der Waals surface area contributed by atoms with Gasteiger partial charge in [-0.1, -0.05) is 12.1 Å². The third-order valence-electron chi connectivity index (χ3n) is 6.41. The molecule has 0 spiro atoms. The molecule has 1 fully saturated rings. The van der Waals surface area contributed by atoms with Gasteiger partial charge in [0, 0.05) is 29.4 Å². The minimum atomic E-state index is -0.631. The lowest BCUT2D eigenvalue weighted by Crippen LogP contribution is -2.40. The Balaban J connectivity index is 0.00000353. The summed E-state index contributed by atoms with van der Waals surface area (Å²) in [7, 11) is 0. The lowest BCUT2D eigenvalue weighted by atomic mass is 9.97. The van der Waals surface area contributed by atoms with Gasteiger partial charge in [-0.15, -0.1) is 12.4 Å². The summed E-state index contributed by atoms with van der Waals surface area (Å²) < 4.78 is 18.8. The van der Waals surface area contributed by atoms with Crippen LogP contribution in [0, 0.1) is 17.1 Å². The number of anilines is 2. The first-order valence-electron chi connectivity index (χ1n) is 11.8. The molecule has 2 aromatic carbocycles. The van der Waals surface area contributed by atoms with Gasteiger partial charge in [-0.2, -0.15) is 5.26 Å². The van der Waals surface area contributed by atoms with Gasteiger partial charge >= 0.3 is 0 Å². The van der Waals surface area contributed by atoms with Crippen molar-refractivity contribution in [1.29, 1.82) is 5.26 Å². The van der Waals surface area contributed by atoms with Gasteiger partial charge < -0.3 is 25.5 Å². The Bertz CT molecular complexity index is 1590. The second-order valence-electron chi connectivity index (χ2n) is 8.79. The first-order chi connectivity index (χ1) is 18.4. The van der Waals surface area contributed by atoms with Crippen LogP contribution in [0.4, 0.5) is 15.9 Å². The number of halogens is 2. The summed E-state index contributed by atoms with van der Waals surface area (Å²) in [5.74, 6) is -2.07. The SMILES string of the molecule is Cl.N#Cc1c(-c2cccc(N3CCC[C@@H]3C(N)=O)c2)cc(-c2ccc(F)cc2O)nc1NC(=O)c1ccco1. The van der Waals surface area contributed by atoms with Crippen molar-refractivity contribution < 1.29 is 23.5 Å². The highest BCUT2D eigenvalue weighted by molar-refractivity contribution is 6.03. The molecule has 5 rings (SSSR count). The van der Waals surface area contributed by atoms with Crippen LogP contribution in [0.15, 0.2) is 71.3 Å². The number of pyridine rings is 1. The van der Waals surface area contributed by atoms with E-state index < -0.39 is 23.7 Å². The van der Waals surface area contributed by atoms with E-state index in [9.17, 15) is 24.3 Å². The normalized spacial score (nSPS) is 14.4. The third kappa shape index (κ3) is 5.39. The number of aromatic hydroxyl groups is 1. The molecule has 3 heterocycles. The molecule has 1 saturated heterocycles. The number of phenols is 1. The van der Waals surface area contributed by atoms with E-state index in [1.807, 2.05) is 17.0 Å². The van der Waals surface area contributed by atoms with Gasteiger partial charge in [-0.25, -0.2) is 9.37 Å². The standard InChI is InChI=1S/C28H22FN5O4.ClH/c29-17-8-9-19(24(35)13-17)22-14-20(21(15-30)27(32-22)33-28(37)25-7-3-11-38-25)16-4-1-5-18(12-16)34-10-2-6-23(34)26(31)36;/h1,3-5,7-9,11-14,23,35H,2,6,10H2,(H2,31,36)(H,32,33,37);1H/t23-;/m1./s1. The van der Waals surface area contributed by atoms with Crippen LogP contribution >= 0.6 is 12.4 Å². The number of carbonyl (C=O) groups excluding carboxylic acids is 2. The number of nitrogens with two attached hydrogens (primary N) is 1. The van der Waals surface area contributed by atoms with Crippen molar-refractivity contribution in [3.05, 3.63) is 84.1 Å². The number of nitrogens with one attached hydrogen (secondary N) is 1. The number of hydrogen-bond donors (Lipinski definition) is 3. The van der Waals surface area contributed by atoms with Gasteiger partial charge in [0.2, 0.25) is 5.91 Å². The Kier molecular flexibility index (Phi) is 7.83. The van der Waals surface area contributed by atoms with Crippen molar-refractivity contribution in [3.63, 3.8) is 0 Å². The van der Waals surface area contributed by atoms with Crippen molar-refractivity contribution in [2.45, 2.75) is 18.9 Å². The number of primary amides is 1. The Morgan fingerprint density at radius 1 is 1.15 bits per heavy atom. The number of furan rings is 1. The van der Waals surface area contributed by atoms with E-state index in [4.69, 9.17) is 10.2 Å². The Morgan fingerprint density at radius 3 is 2.67 bits per heavy atom.